The van der Waals surface area contributed by atoms with Crippen molar-refractivity contribution in [2.24, 2.45) is 0 Å². The molecule has 0 aliphatic heterocycles. The van der Waals surface area contributed by atoms with Crippen molar-refractivity contribution in [3.8, 4) is 0 Å². The van der Waals surface area contributed by atoms with E-state index in [9.17, 15) is 9.59 Å². The second-order valence-corrected chi connectivity index (χ2v) is 6.93. The minimum Gasteiger partial charge on any atom is -0.450 e. The van der Waals surface area contributed by atoms with E-state index in [1.807, 2.05) is 38.1 Å². The summed E-state index contributed by atoms with van der Waals surface area (Å²) in [6.07, 6.45) is -0.864. The predicted octanol–water partition coefficient (Wildman–Crippen LogP) is 3.98. The minimum absolute atomic E-state index is 0.211. The molecule has 1 atom stereocenters. The van der Waals surface area contributed by atoms with Crippen molar-refractivity contribution in [3.63, 3.8) is 0 Å². The van der Waals surface area contributed by atoms with Gasteiger partial charge in [-0.3, -0.25) is 4.79 Å². The van der Waals surface area contributed by atoms with E-state index in [1.54, 1.807) is 13.8 Å². The van der Waals surface area contributed by atoms with Gasteiger partial charge in [0.25, 0.3) is 0 Å². The summed E-state index contributed by atoms with van der Waals surface area (Å²) in [5.41, 5.74) is 2.87. The molecule has 0 bridgehead atoms. The zero-order valence-corrected chi connectivity index (χ0v) is 14.8. The third kappa shape index (κ3) is 2.85. The van der Waals surface area contributed by atoms with Gasteiger partial charge in [0.1, 0.15) is 4.88 Å². The molecule has 0 spiro atoms. The molecule has 0 radical (unpaired) electrons. The lowest BCUT2D eigenvalue weighted by Crippen LogP contribution is -2.24. The van der Waals surface area contributed by atoms with Gasteiger partial charge < -0.3 is 9.72 Å². The molecule has 6 heteroatoms. The van der Waals surface area contributed by atoms with E-state index in [-0.39, 0.29) is 5.78 Å². The molecule has 1 N–H and O–H groups in total. The summed E-state index contributed by atoms with van der Waals surface area (Å²) >= 11 is 1.28. The largest absolute Gasteiger partial charge is 0.450 e. The van der Waals surface area contributed by atoms with Crippen LogP contribution in [0.1, 0.15) is 43.3 Å². The molecule has 0 fully saturated rings. The quantitative estimate of drug-likeness (QED) is 0.575. The van der Waals surface area contributed by atoms with Gasteiger partial charge in [-0.2, -0.15) is 0 Å². The highest BCUT2D eigenvalue weighted by Crippen LogP contribution is 2.25. The lowest BCUT2D eigenvalue weighted by molar-refractivity contribution is 0.0323. The number of ether oxygens (including phenoxy) is 1. The van der Waals surface area contributed by atoms with E-state index in [0.29, 0.717) is 16.1 Å². The van der Waals surface area contributed by atoms with Crippen LogP contribution in [-0.4, -0.2) is 27.8 Å². The summed E-state index contributed by atoms with van der Waals surface area (Å²) in [6.45, 7) is 7.04. The number of fused-ring (bicyclic) bond motifs is 1. The van der Waals surface area contributed by atoms with Crippen LogP contribution in [0.5, 0.6) is 0 Å². The lowest BCUT2D eigenvalue weighted by Gasteiger charge is -2.12. The van der Waals surface area contributed by atoms with Crippen LogP contribution < -0.4 is 0 Å². The fourth-order valence-electron chi connectivity index (χ4n) is 2.79. The van der Waals surface area contributed by atoms with E-state index < -0.39 is 12.1 Å². The Kier molecular flexibility index (Phi) is 4.24. The Hall–Kier alpha value is -2.47. The molecule has 3 aromatic rings. The zero-order chi connectivity index (χ0) is 17.4. The molecule has 3 rings (SSSR count). The number of thiazole rings is 1. The number of carbonyl (C=O) groups is 2. The van der Waals surface area contributed by atoms with Crippen LogP contribution in [0.2, 0.25) is 0 Å². The van der Waals surface area contributed by atoms with E-state index in [0.717, 1.165) is 21.6 Å². The van der Waals surface area contributed by atoms with Crippen molar-refractivity contribution in [2.75, 3.05) is 0 Å². The number of H-pyrrole nitrogens is 1. The molecule has 2 heterocycles. The fourth-order valence-corrected chi connectivity index (χ4v) is 3.59. The maximum atomic E-state index is 12.8. The number of nitrogens with zero attached hydrogens (tertiary/aromatic N) is 1. The molecular weight excluding hydrogens is 324 g/mol. The van der Waals surface area contributed by atoms with Crippen molar-refractivity contribution in [2.45, 2.75) is 33.8 Å². The minimum atomic E-state index is -0.864. The first-order valence-electron chi connectivity index (χ1n) is 7.65. The second kappa shape index (κ2) is 6.20. The van der Waals surface area contributed by atoms with E-state index in [4.69, 9.17) is 4.74 Å². The molecule has 0 aliphatic rings. The number of hydrogen-bond donors (Lipinski definition) is 1. The fraction of sp³-hybridized carbons (Fsp3) is 0.278. The van der Waals surface area contributed by atoms with Crippen molar-refractivity contribution in [1.29, 1.82) is 0 Å². The van der Waals surface area contributed by atoms with Gasteiger partial charge in [-0.1, -0.05) is 18.2 Å². The van der Waals surface area contributed by atoms with Crippen LogP contribution in [0.25, 0.3) is 10.9 Å². The van der Waals surface area contributed by atoms with Crippen LogP contribution in [0.15, 0.2) is 24.3 Å². The Bertz CT molecular complexity index is 939. The number of aromatic amines is 1. The van der Waals surface area contributed by atoms with Crippen LogP contribution in [0, 0.1) is 20.8 Å². The summed E-state index contributed by atoms with van der Waals surface area (Å²) in [5.74, 6) is -0.714. The molecule has 2 aromatic heterocycles. The number of aromatic nitrogens is 2. The van der Waals surface area contributed by atoms with Crippen LogP contribution in [0.4, 0.5) is 0 Å². The number of nitrogens with one attached hydrogen (secondary N) is 1. The number of para-hydroxylation sites is 1. The van der Waals surface area contributed by atoms with Crippen molar-refractivity contribution in [3.05, 3.63) is 51.1 Å². The van der Waals surface area contributed by atoms with Crippen LogP contribution >= 0.6 is 11.3 Å². The zero-order valence-electron chi connectivity index (χ0n) is 14.0. The van der Waals surface area contributed by atoms with Gasteiger partial charge in [-0.05, 0) is 33.8 Å². The summed E-state index contributed by atoms with van der Waals surface area (Å²) in [7, 11) is 0. The van der Waals surface area contributed by atoms with Gasteiger partial charge >= 0.3 is 5.97 Å². The number of rotatable bonds is 4. The van der Waals surface area contributed by atoms with Gasteiger partial charge in [-0.15, -0.1) is 11.3 Å². The highest BCUT2D eigenvalue weighted by molar-refractivity contribution is 7.13. The first-order chi connectivity index (χ1) is 11.4. The normalized spacial score (nSPS) is 12.3. The van der Waals surface area contributed by atoms with Crippen molar-refractivity contribution in [1.82, 2.24) is 9.97 Å². The molecule has 24 heavy (non-hydrogen) atoms. The number of benzene rings is 1. The van der Waals surface area contributed by atoms with E-state index in [1.165, 1.54) is 11.3 Å². The van der Waals surface area contributed by atoms with E-state index in [2.05, 4.69) is 9.97 Å². The van der Waals surface area contributed by atoms with E-state index >= 15 is 0 Å². The molecule has 0 unspecified atom stereocenters. The standard InChI is InChI=1S/C18H18N2O3S/c1-9-15(13-7-5-6-8-14(13)20-9)16(21)11(3)23-18(22)17-10(2)19-12(4)24-17/h5-8,11,20H,1-4H3/t11-/m0/s1. The summed E-state index contributed by atoms with van der Waals surface area (Å²) in [4.78, 5) is 32.9. The lowest BCUT2D eigenvalue weighted by atomic mass is 10.0. The number of Topliss-reactive ketones (excluding diaryl/α,β-unsaturated/α-hetero) is 1. The third-order valence-corrected chi connectivity index (χ3v) is 4.93. The molecule has 0 saturated carbocycles. The number of carbonyl (C=O) groups excluding carboxylic acids is 2. The van der Waals surface area contributed by atoms with Gasteiger partial charge in [0.05, 0.1) is 10.7 Å². The van der Waals surface area contributed by atoms with Gasteiger partial charge in [-0.25, -0.2) is 9.78 Å². The number of ketones is 1. The Balaban J connectivity index is 1.85. The Labute approximate surface area is 143 Å². The number of esters is 1. The first kappa shape index (κ1) is 16.4. The highest BCUT2D eigenvalue weighted by Gasteiger charge is 2.26. The first-order valence-corrected chi connectivity index (χ1v) is 8.46. The van der Waals surface area contributed by atoms with Crippen LogP contribution in [-0.2, 0) is 4.74 Å². The Morgan fingerprint density at radius 2 is 1.92 bits per heavy atom. The molecule has 0 saturated heterocycles. The highest BCUT2D eigenvalue weighted by atomic mass is 32.1. The molecular formula is C18H18N2O3S. The Morgan fingerprint density at radius 1 is 1.21 bits per heavy atom. The van der Waals surface area contributed by atoms with Gasteiger partial charge in [0.2, 0.25) is 5.78 Å². The third-order valence-electron chi connectivity index (χ3n) is 3.88. The molecule has 0 amide bonds. The van der Waals surface area contributed by atoms with Crippen molar-refractivity contribution >= 4 is 34.0 Å². The average molecular weight is 342 g/mol. The average Bonchev–Trinajstić information content (AvgIpc) is 3.04. The van der Waals surface area contributed by atoms with Gasteiger partial charge in [0.15, 0.2) is 6.10 Å². The predicted molar refractivity (Wildman–Crippen MR) is 93.8 cm³/mol. The maximum absolute atomic E-state index is 12.8. The summed E-state index contributed by atoms with van der Waals surface area (Å²) in [6, 6.07) is 7.59. The van der Waals surface area contributed by atoms with Crippen LogP contribution in [0.3, 0.4) is 0 Å². The van der Waals surface area contributed by atoms with Crippen molar-refractivity contribution < 1.29 is 14.3 Å². The molecule has 124 valence electrons. The monoisotopic (exact) mass is 342 g/mol. The second-order valence-electron chi connectivity index (χ2n) is 5.73. The number of aryl methyl sites for hydroxylation is 3. The molecule has 5 nitrogen and oxygen atoms in total. The molecule has 1 aromatic carbocycles. The number of hydrogen-bond acceptors (Lipinski definition) is 5. The molecule has 0 aliphatic carbocycles. The summed E-state index contributed by atoms with van der Waals surface area (Å²) < 4.78 is 5.39. The summed E-state index contributed by atoms with van der Waals surface area (Å²) in [5, 5.41) is 1.64. The Morgan fingerprint density at radius 3 is 2.58 bits per heavy atom. The SMILES string of the molecule is Cc1nc(C)c(C(=O)O[C@@H](C)C(=O)c2c(C)[nH]c3ccccc23)s1. The topological polar surface area (TPSA) is 72.0 Å². The smallest absolute Gasteiger partial charge is 0.350 e. The van der Waals surface area contributed by atoms with Gasteiger partial charge in [0, 0.05) is 22.2 Å². The maximum Gasteiger partial charge on any atom is 0.350 e.